The summed E-state index contributed by atoms with van der Waals surface area (Å²) in [5, 5.41) is 6.77. The van der Waals surface area contributed by atoms with Crippen molar-refractivity contribution >= 4 is 41.1 Å². The first kappa shape index (κ1) is 26.1. The van der Waals surface area contributed by atoms with Crippen LogP contribution in [0.4, 0.5) is 10.6 Å². The van der Waals surface area contributed by atoms with Crippen LogP contribution in [-0.4, -0.2) is 64.8 Å². The topological polar surface area (TPSA) is 90.5 Å². The van der Waals surface area contributed by atoms with Crippen molar-refractivity contribution in [2.45, 2.75) is 50.9 Å². The van der Waals surface area contributed by atoms with E-state index in [9.17, 15) is 9.59 Å². The van der Waals surface area contributed by atoms with E-state index in [0.717, 1.165) is 18.4 Å². The summed E-state index contributed by atoms with van der Waals surface area (Å²) in [6.45, 7) is 8.68. The number of halogens is 1. The van der Waals surface area contributed by atoms with Gasteiger partial charge in [-0.1, -0.05) is 67.0 Å². The molecule has 3 rings (SSSR count). The standard InChI is InChI=1S/C24H33ClN6O2S/c1-4-5-11-26-24(33)31-13-12-30(15-17(31)2)21-14-20(25)28-23(29-21)34-16-22(32)27-18(3)19-9-7-6-8-10-19/h6-10,14,17-18H,4-5,11-13,15-16H2,1-3H3,(H,26,33)(H,27,32). The molecule has 0 saturated carbocycles. The lowest BCUT2D eigenvalue weighted by atomic mass is 10.1. The summed E-state index contributed by atoms with van der Waals surface area (Å²) in [4.78, 5) is 37.8. The number of urea groups is 1. The molecule has 0 spiro atoms. The van der Waals surface area contributed by atoms with Crippen LogP contribution >= 0.6 is 23.4 Å². The van der Waals surface area contributed by atoms with Crippen molar-refractivity contribution in [2.75, 3.05) is 36.8 Å². The van der Waals surface area contributed by atoms with Gasteiger partial charge in [-0.25, -0.2) is 14.8 Å². The third kappa shape index (κ3) is 7.50. The first-order chi connectivity index (χ1) is 16.4. The highest BCUT2D eigenvalue weighted by atomic mass is 35.5. The fourth-order valence-corrected chi connectivity index (χ4v) is 4.68. The molecule has 1 fully saturated rings. The Morgan fingerprint density at radius 1 is 1.24 bits per heavy atom. The van der Waals surface area contributed by atoms with Crippen LogP contribution < -0.4 is 15.5 Å². The summed E-state index contributed by atoms with van der Waals surface area (Å²) < 4.78 is 0. The van der Waals surface area contributed by atoms with E-state index in [1.807, 2.05) is 49.1 Å². The molecule has 2 N–H and O–H groups in total. The minimum absolute atomic E-state index is 0.0201. The lowest BCUT2D eigenvalue weighted by Gasteiger charge is -2.40. The molecule has 1 saturated heterocycles. The van der Waals surface area contributed by atoms with Crippen molar-refractivity contribution in [1.82, 2.24) is 25.5 Å². The molecule has 2 aromatic rings. The first-order valence-electron chi connectivity index (χ1n) is 11.7. The van der Waals surface area contributed by atoms with Gasteiger partial charge in [0.15, 0.2) is 5.16 Å². The summed E-state index contributed by atoms with van der Waals surface area (Å²) in [6, 6.07) is 11.5. The maximum Gasteiger partial charge on any atom is 0.317 e. The molecule has 0 bridgehead atoms. The fourth-order valence-electron chi connectivity index (χ4n) is 3.79. The Labute approximate surface area is 210 Å². The van der Waals surface area contributed by atoms with Crippen molar-refractivity contribution < 1.29 is 9.59 Å². The Bertz CT molecular complexity index is 964. The largest absolute Gasteiger partial charge is 0.353 e. The Balaban J connectivity index is 1.54. The quantitative estimate of drug-likeness (QED) is 0.231. The van der Waals surface area contributed by atoms with Crippen LogP contribution in [0.5, 0.6) is 0 Å². The van der Waals surface area contributed by atoms with Crippen molar-refractivity contribution in [3.8, 4) is 0 Å². The molecule has 1 aliphatic rings. The molecule has 3 amide bonds. The Kier molecular flexibility index (Phi) is 9.83. The van der Waals surface area contributed by atoms with E-state index in [4.69, 9.17) is 11.6 Å². The Hall–Kier alpha value is -2.52. The zero-order valence-electron chi connectivity index (χ0n) is 20.0. The number of piperazine rings is 1. The van der Waals surface area contributed by atoms with Crippen LogP contribution in [0.15, 0.2) is 41.6 Å². The van der Waals surface area contributed by atoms with E-state index in [1.165, 1.54) is 11.8 Å². The number of carbonyl (C=O) groups excluding carboxylic acids is 2. The second-order valence-corrected chi connectivity index (χ2v) is 9.72. The van der Waals surface area contributed by atoms with Crippen LogP contribution in [0.2, 0.25) is 5.15 Å². The molecule has 2 heterocycles. The smallest absolute Gasteiger partial charge is 0.317 e. The van der Waals surface area contributed by atoms with E-state index in [-0.39, 0.29) is 29.8 Å². The molecule has 8 nitrogen and oxygen atoms in total. The van der Waals surface area contributed by atoms with E-state index < -0.39 is 0 Å². The van der Waals surface area contributed by atoms with Crippen molar-refractivity contribution in [1.29, 1.82) is 0 Å². The van der Waals surface area contributed by atoms with Gasteiger partial charge in [0.05, 0.1) is 11.8 Å². The molecule has 0 aliphatic carbocycles. The number of hydrogen-bond acceptors (Lipinski definition) is 6. The van der Waals surface area contributed by atoms with Crippen molar-refractivity contribution in [3.63, 3.8) is 0 Å². The van der Waals surface area contributed by atoms with Crippen LogP contribution in [0.1, 0.15) is 45.2 Å². The minimum Gasteiger partial charge on any atom is -0.353 e. The number of nitrogens with one attached hydrogen (secondary N) is 2. The summed E-state index contributed by atoms with van der Waals surface area (Å²) in [5.74, 6) is 0.806. The van der Waals surface area contributed by atoms with E-state index >= 15 is 0 Å². The molecule has 184 valence electrons. The number of unbranched alkanes of at least 4 members (excludes halogenated alkanes) is 1. The van der Waals surface area contributed by atoms with E-state index in [0.29, 0.717) is 42.3 Å². The van der Waals surface area contributed by atoms with Gasteiger partial charge in [-0.2, -0.15) is 0 Å². The minimum atomic E-state index is -0.0946. The van der Waals surface area contributed by atoms with Crippen molar-refractivity contribution in [2.24, 2.45) is 0 Å². The summed E-state index contributed by atoms with van der Waals surface area (Å²) in [7, 11) is 0. The van der Waals surface area contributed by atoms with Crippen LogP contribution in [0.25, 0.3) is 0 Å². The normalized spacial score (nSPS) is 16.8. The predicted molar refractivity (Wildman–Crippen MR) is 137 cm³/mol. The molecule has 10 heteroatoms. The van der Waals surface area contributed by atoms with E-state index in [1.54, 1.807) is 6.07 Å². The van der Waals surface area contributed by atoms with Gasteiger partial charge in [0.1, 0.15) is 11.0 Å². The number of nitrogens with zero attached hydrogens (tertiary/aromatic N) is 4. The van der Waals surface area contributed by atoms with Crippen LogP contribution in [-0.2, 0) is 4.79 Å². The molecule has 1 aliphatic heterocycles. The van der Waals surface area contributed by atoms with Gasteiger partial charge in [-0.15, -0.1) is 0 Å². The number of amides is 3. The lowest BCUT2D eigenvalue weighted by Crippen LogP contribution is -2.56. The van der Waals surface area contributed by atoms with Gasteiger partial charge in [-0.3, -0.25) is 4.79 Å². The Morgan fingerprint density at radius 3 is 2.71 bits per heavy atom. The molecule has 0 radical (unpaired) electrons. The van der Waals surface area contributed by atoms with Gasteiger partial charge in [0.25, 0.3) is 0 Å². The number of thioether (sulfide) groups is 1. The number of rotatable bonds is 9. The maximum absolute atomic E-state index is 12.5. The second kappa shape index (κ2) is 12.8. The predicted octanol–water partition coefficient (Wildman–Crippen LogP) is 4.12. The molecule has 34 heavy (non-hydrogen) atoms. The first-order valence-corrected chi connectivity index (χ1v) is 13.0. The van der Waals surface area contributed by atoms with Crippen molar-refractivity contribution in [3.05, 3.63) is 47.1 Å². The molecule has 1 aromatic carbocycles. The molecule has 2 unspecified atom stereocenters. The van der Waals surface area contributed by atoms with E-state index in [2.05, 4.69) is 32.4 Å². The van der Waals surface area contributed by atoms with Gasteiger partial charge in [0.2, 0.25) is 5.91 Å². The zero-order valence-corrected chi connectivity index (χ0v) is 21.5. The highest BCUT2D eigenvalue weighted by Gasteiger charge is 2.28. The summed E-state index contributed by atoms with van der Waals surface area (Å²) in [6.07, 6.45) is 2.02. The molecule has 1 aromatic heterocycles. The fraction of sp³-hybridized carbons (Fsp3) is 0.500. The van der Waals surface area contributed by atoms with Gasteiger partial charge >= 0.3 is 6.03 Å². The summed E-state index contributed by atoms with van der Waals surface area (Å²) in [5.41, 5.74) is 1.05. The zero-order chi connectivity index (χ0) is 24.5. The number of carbonyl (C=O) groups is 2. The third-order valence-electron chi connectivity index (χ3n) is 5.69. The number of anilines is 1. The highest BCUT2D eigenvalue weighted by molar-refractivity contribution is 7.99. The lowest BCUT2D eigenvalue weighted by molar-refractivity contribution is -0.119. The summed E-state index contributed by atoms with van der Waals surface area (Å²) >= 11 is 7.52. The van der Waals surface area contributed by atoms with Gasteiger partial charge in [0, 0.05) is 38.3 Å². The van der Waals surface area contributed by atoms with Crippen LogP contribution in [0.3, 0.4) is 0 Å². The second-order valence-electron chi connectivity index (χ2n) is 8.39. The van der Waals surface area contributed by atoms with Gasteiger partial charge < -0.3 is 20.4 Å². The van der Waals surface area contributed by atoms with Gasteiger partial charge in [-0.05, 0) is 25.8 Å². The maximum atomic E-state index is 12.5. The number of benzene rings is 1. The Morgan fingerprint density at radius 2 is 2.00 bits per heavy atom. The molecule has 2 atom stereocenters. The molecular formula is C24H33ClN6O2S. The SMILES string of the molecule is CCCCNC(=O)N1CCN(c2cc(Cl)nc(SCC(=O)NC(C)c3ccccc3)n2)CC1C. The average Bonchev–Trinajstić information content (AvgIpc) is 2.83. The molecular weight excluding hydrogens is 472 g/mol. The number of aromatic nitrogens is 2. The third-order valence-corrected chi connectivity index (χ3v) is 6.73. The van der Waals surface area contributed by atoms with Crippen LogP contribution in [0, 0.1) is 0 Å². The monoisotopic (exact) mass is 504 g/mol. The highest BCUT2D eigenvalue weighted by Crippen LogP contribution is 2.24. The number of hydrogen-bond donors (Lipinski definition) is 2. The average molecular weight is 505 g/mol.